The van der Waals surface area contributed by atoms with Crippen LogP contribution in [0.5, 0.6) is 5.75 Å². The molecule has 0 saturated carbocycles. The number of nitrogens with two attached hydrogens (primary N) is 1. The fraction of sp³-hybridized carbons (Fsp3) is 0.333. The molecule has 0 aromatic heterocycles. The predicted octanol–water partition coefficient (Wildman–Crippen LogP) is 2.49. The summed E-state index contributed by atoms with van der Waals surface area (Å²) in [6.45, 7) is 2.08. The summed E-state index contributed by atoms with van der Waals surface area (Å²) in [6, 6.07) is 16.4. The Bertz CT molecular complexity index is 792. The summed E-state index contributed by atoms with van der Waals surface area (Å²) in [5.41, 5.74) is 7.71. The van der Waals surface area contributed by atoms with Gasteiger partial charge in [0.2, 0.25) is 5.91 Å². The molecule has 1 saturated heterocycles. The lowest BCUT2D eigenvalue weighted by atomic mass is 10.0. The Morgan fingerprint density at radius 1 is 1.00 bits per heavy atom. The number of hydrogen-bond acceptors (Lipinski definition) is 4. The fourth-order valence-electron chi connectivity index (χ4n) is 3.23. The number of benzene rings is 2. The van der Waals surface area contributed by atoms with Crippen LogP contribution in [0.25, 0.3) is 0 Å². The van der Waals surface area contributed by atoms with Crippen LogP contribution in [0.3, 0.4) is 0 Å². The Labute approximate surface area is 171 Å². The lowest BCUT2D eigenvalue weighted by molar-refractivity contribution is -0.133. The van der Waals surface area contributed by atoms with Crippen LogP contribution in [0.15, 0.2) is 54.6 Å². The van der Waals surface area contributed by atoms with Crippen LogP contribution in [0, 0.1) is 0 Å². The molecule has 1 aliphatic rings. The summed E-state index contributed by atoms with van der Waals surface area (Å²) in [6.07, 6.45) is 0.272. The number of methoxy groups -OCH3 is 1. The van der Waals surface area contributed by atoms with Gasteiger partial charge < -0.3 is 20.3 Å². The monoisotopic (exact) mass is 403 g/mol. The van der Waals surface area contributed by atoms with Crippen molar-refractivity contribution in [1.29, 1.82) is 0 Å². The first kappa shape index (κ1) is 21.7. The summed E-state index contributed by atoms with van der Waals surface area (Å²) < 4.78 is 5.18. The molecule has 0 spiro atoms. The van der Waals surface area contributed by atoms with Crippen molar-refractivity contribution < 1.29 is 14.3 Å². The lowest BCUT2D eigenvalue weighted by Crippen LogP contribution is -2.51. The second-order valence-corrected chi connectivity index (χ2v) is 6.63. The zero-order valence-corrected chi connectivity index (χ0v) is 16.7. The standard InChI is InChI=1S/C21H25N3O3.ClH/c1-27-18-9-5-8-17(14-18)21(26)24-12-10-23(11-13-24)20(25)15-19(22)16-6-3-2-4-7-16;/h2-9,14,19H,10-13,15,22H2,1H3;1H. The molecule has 0 aliphatic carbocycles. The van der Waals surface area contributed by atoms with Crippen LogP contribution in [-0.2, 0) is 4.79 Å². The van der Waals surface area contributed by atoms with E-state index in [-0.39, 0.29) is 36.7 Å². The molecule has 1 heterocycles. The van der Waals surface area contributed by atoms with Gasteiger partial charge >= 0.3 is 0 Å². The van der Waals surface area contributed by atoms with Gasteiger partial charge in [-0.2, -0.15) is 0 Å². The quantitative estimate of drug-likeness (QED) is 0.832. The van der Waals surface area contributed by atoms with Crippen LogP contribution in [-0.4, -0.2) is 54.9 Å². The highest BCUT2D eigenvalue weighted by Gasteiger charge is 2.26. The third kappa shape index (κ3) is 5.24. The van der Waals surface area contributed by atoms with Gasteiger partial charge in [-0.3, -0.25) is 9.59 Å². The number of hydrogen-bond donors (Lipinski definition) is 1. The average Bonchev–Trinajstić information content (AvgIpc) is 2.74. The van der Waals surface area contributed by atoms with E-state index in [0.717, 1.165) is 5.56 Å². The lowest BCUT2D eigenvalue weighted by Gasteiger charge is -2.35. The Morgan fingerprint density at radius 2 is 1.64 bits per heavy atom. The van der Waals surface area contributed by atoms with Crippen molar-refractivity contribution in [2.75, 3.05) is 33.3 Å². The van der Waals surface area contributed by atoms with Gasteiger partial charge in [0.15, 0.2) is 0 Å². The van der Waals surface area contributed by atoms with Crippen molar-refractivity contribution in [1.82, 2.24) is 9.80 Å². The van der Waals surface area contributed by atoms with E-state index in [9.17, 15) is 9.59 Å². The van der Waals surface area contributed by atoms with Gasteiger partial charge in [-0.15, -0.1) is 12.4 Å². The SMILES string of the molecule is COc1cccc(C(=O)N2CCN(C(=O)CC(N)c3ccccc3)CC2)c1.Cl. The average molecular weight is 404 g/mol. The van der Waals surface area contributed by atoms with E-state index in [2.05, 4.69) is 0 Å². The number of halogens is 1. The van der Waals surface area contributed by atoms with E-state index in [1.807, 2.05) is 36.4 Å². The summed E-state index contributed by atoms with van der Waals surface area (Å²) >= 11 is 0. The molecule has 6 nitrogen and oxygen atoms in total. The summed E-state index contributed by atoms with van der Waals surface area (Å²) in [5, 5.41) is 0. The number of ether oxygens (including phenoxy) is 1. The molecule has 2 aromatic carbocycles. The molecular weight excluding hydrogens is 378 g/mol. The summed E-state index contributed by atoms with van der Waals surface area (Å²) in [7, 11) is 1.58. The number of nitrogens with zero attached hydrogens (tertiary/aromatic N) is 2. The molecule has 1 aliphatic heterocycles. The zero-order chi connectivity index (χ0) is 19.2. The summed E-state index contributed by atoms with van der Waals surface area (Å²) in [4.78, 5) is 28.8. The van der Waals surface area contributed by atoms with Crippen molar-refractivity contribution in [3.8, 4) is 5.75 Å². The van der Waals surface area contributed by atoms with Gasteiger partial charge in [-0.25, -0.2) is 0 Å². The molecule has 1 atom stereocenters. The van der Waals surface area contributed by atoms with Crippen LogP contribution < -0.4 is 10.5 Å². The first-order valence-corrected chi connectivity index (χ1v) is 9.10. The normalized spacial score (nSPS) is 14.8. The van der Waals surface area contributed by atoms with Crippen LogP contribution >= 0.6 is 12.4 Å². The maximum Gasteiger partial charge on any atom is 0.254 e. The van der Waals surface area contributed by atoms with E-state index >= 15 is 0 Å². The van der Waals surface area contributed by atoms with Crippen molar-refractivity contribution in [3.05, 3.63) is 65.7 Å². The van der Waals surface area contributed by atoms with E-state index in [4.69, 9.17) is 10.5 Å². The molecule has 28 heavy (non-hydrogen) atoms. The molecule has 150 valence electrons. The fourth-order valence-corrected chi connectivity index (χ4v) is 3.23. The molecule has 2 amide bonds. The van der Waals surface area contributed by atoms with Crippen molar-refractivity contribution >= 4 is 24.2 Å². The topological polar surface area (TPSA) is 75.9 Å². The van der Waals surface area contributed by atoms with E-state index in [1.165, 1.54) is 0 Å². The minimum absolute atomic E-state index is 0. The highest BCUT2D eigenvalue weighted by Crippen LogP contribution is 2.18. The molecule has 7 heteroatoms. The van der Waals surface area contributed by atoms with Crippen LogP contribution in [0.4, 0.5) is 0 Å². The van der Waals surface area contributed by atoms with Gasteiger partial charge in [-0.05, 0) is 23.8 Å². The van der Waals surface area contributed by atoms with Gasteiger partial charge in [0.25, 0.3) is 5.91 Å². The van der Waals surface area contributed by atoms with Gasteiger partial charge in [-0.1, -0.05) is 36.4 Å². The second-order valence-electron chi connectivity index (χ2n) is 6.63. The Balaban J connectivity index is 0.00000280. The third-order valence-corrected chi connectivity index (χ3v) is 4.86. The number of carbonyl (C=O) groups excluding carboxylic acids is 2. The Morgan fingerprint density at radius 3 is 2.29 bits per heavy atom. The predicted molar refractivity (Wildman–Crippen MR) is 111 cm³/mol. The van der Waals surface area contributed by atoms with Crippen LogP contribution in [0.2, 0.25) is 0 Å². The van der Waals surface area contributed by atoms with Gasteiger partial charge in [0.1, 0.15) is 5.75 Å². The van der Waals surface area contributed by atoms with Crippen molar-refractivity contribution in [2.45, 2.75) is 12.5 Å². The molecule has 2 N–H and O–H groups in total. The minimum Gasteiger partial charge on any atom is -0.497 e. The van der Waals surface area contributed by atoms with E-state index < -0.39 is 0 Å². The van der Waals surface area contributed by atoms with E-state index in [0.29, 0.717) is 37.5 Å². The summed E-state index contributed by atoms with van der Waals surface area (Å²) in [5.74, 6) is 0.645. The highest BCUT2D eigenvalue weighted by molar-refractivity contribution is 5.94. The first-order chi connectivity index (χ1) is 13.1. The molecule has 0 bridgehead atoms. The van der Waals surface area contributed by atoms with Gasteiger partial charge in [0, 0.05) is 44.2 Å². The largest absolute Gasteiger partial charge is 0.497 e. The Hall–Kier alpha value is -2.57. The number of carbonyl (C=O) groups is 2. The number of piperazine rings is 1. The Kier molecular flexibility index (Phi) is 7.84. The highest BCUT2D eigenvalue weighted by atomic mass is 35.5. The third-order valence-electron chi connectivity index (χ3n) is 4.86. The molecule has 3 rings (SSSR count). The smallest absolute Gasteiger partial charge is 0.254 e. The van der Waals surface area contributed by atoms with Crippen molar-refractivity contribution in [2.24, 2.45) is 5.73 Å². The minimum atomic E-state index is -0.310. The van der Waals surface area contributed by atoms with Crippen molar-refractivity contribution in [3.63, 3.8) is 0 Å². The molecule has 1 unspecified atom stereocenters. The maximum atomic E-state index is 12.7. The molecular formula is C21H26ClN3O3. The van der Waals surface area contributed by atoms with E-state index in [1.54, 1.807) is 35.1 Å². The molecule has 2 aromatic rings. The van der Waals surface area contributed by atoms with Crippen LogP contribution in [0.1, 0.15) is 28.4 Å². The maximum absolute atomic E-state index is 12.7. The molecule has 1 fully saturated rings. The number of amides is 2. The zero-order valence-electron chi connectivity index (χ0n) is 15.9. The number of rotatable bonds is 5. The second kappa shape index (κ2) is 10.1. The molecule has 0 radical (unpaired) electrons. The first-order valence-electron chi connectivity index (χ1n) is 9.10. The van der Waals surface area contributed by atoms with Gasteiger partial charge in [0.05, 0.1) is 7.11 Å².